The second kappa shape index (κ2) is 6.83. The first kappa shape index (κ1) is 15.6. The highest BCUT2D eigenvalue weighted by Crippen LogP contribution is 2.21. The number of halogens is 1. The molecule has 1 aliphatic rings. The molecule has 1 saturated heterocycles. The van der Waals surface area contributed by atoms with E-state index in [1.54, 1.807) is 31.4 Å². The topological polar surface area (TPSA) is 61.4 Å². The number of hydrogen-bond acceptors (Lipinski definition) is 5. The molecule has 1 N–H and O–H groups in total. The van der Waals surface area contributed by atoms with Crippen LogP contribution in [0.4, 0.5) is 11.6 Å². The summed E-state index contributed by atoms with van der Waals surface area (Å²) in [7, 11) is 1.63. The van der Waals surface area contributed by atoms with Crippen molar-refractivity contribution in [3.63, 3.8) is 0 Å². The van der Waals surface area contributed by atoms with E-state index in [-0.39, 0.29) is 5.91 Å². The van der Waals surface area contributed by atoms with Gasteiger partial charge in [-0.25, -0.2) is 9.97 Å². The van der Waals surface area contributed by atoms with Gasteiger partial charge in [0, 0.05) is 39.4 Å². The molecule has 0 unspecified atom stereocenters. The number of anilines is 2. The summed E-state index contributed by atoms with van der Waals surface area (Å²) in [6.45, 7) is 3.15. The smallest absolute Gasteiger partial charge is 0.254 e. The van der Waals surface area contributed by atoms with E-state index in [0.29, 0.717) is 10.7 Å². The highest BCUT2D eigenvalue weighted by molar-refractivity contribution is 6.29. The maximum atomic E-state index is 12.0. The Hall–Kier alpha value is -2.34. The summed E-state index contributed by atoms with van der Waals surface area (Å²) in [6, 6.07) is 9.20. The lowest BCUT2D eigenvalue weighted by Crippen LogP contribution is -2.47. The van der Waals surface area contributed by atoms with E-state index < -0.39 is 0 Å². The SMILES string of the molecule is CNC(=O)c1cccnc1N1CCN(c2cccc(Cl)n2)CC1. The van der Waals surface area contributed by atoms with E-state index in [1.165, 1.54) is 0 Å². The third-order valence-corrected chi connectivity index (χ3v) is 4.07. The Morgan fingerprint density at radius 3 is 2.57 bits per heavy atom. The molecule has 1 amide bonds. The Bertz CT molecular complexity index is 700. The molecule has 23 heavy (non-hydrogen) atoms. The van der Waals surface area contributed by atoms with Gasteiger partial charge in [0.15, 0.2) is 0 Å². The molecule has 0 spiro atoms. The fourth-order valence-electron chi connectivity index (χ4n) is 2.68. The van der Waals surface area contributed by atoms with Crippen molar-refractivity contribution in [2.45, 2.75) is 0 Å². The van der Waals surface area contributed by atoms with Gasteiger partial charge in [0.2, 0.25) is 0 Å². The van der Waals surface area contributed by atoms with Crippen molar-refractivity contribution in [3.8, 4) is 0 Å². The van der Waals surface area contributed by atoms with Crippen LogP contribution in [0.1, 0.15) is 10.4 Å². The zero-order chi connectivity index (χ0) is 16.2. The largest absolute Gasteiger partial charge is 0.355 e. The first-order valence-corrected chi connectivity index (χ1v) is 7.86. The van der Waals surface area contributed by atoms with Crippen molar-refractivity contribution in [2.75, 3.05) is 43.0 Å². The van der Waals surface area contributed by atoms with E-state index in [4.69, 9.17) is 11.6 Å². The summed E-state index contributed by atoms with van der Waals surface area (Å²) in [5.41, 5.74) is 0.601. The molecule has 0 atom stereocenters. The third-order valence-electron chi connectivity index (χ3n) is 3.86. The Morgan fingerprint density at radius 2 is 1.87 bits per heavy atom. The number of nitrogens with zero attached hydrogens (tertiary/aromatic N) is 4. The van der Waals surface area contributed by atoms with Crippen molar-refractivity contribution in [3.05, 3.63) is 47.2 Å². The predicted molar refractivity (Wildman–Crippen MR) is 91.3 cm³/mol. The zero-order valence-corrected chi connectivity index (χ0v) is 13.6. The Balaban J connectivity index is 1.73. The normalized spacial score (nSPS) is 14.7. The number of pyridine rings is 2. The number of nitrogens with one attached hydrogen (secondary N) is 1. The lowest BCUT2D eigenvalue weighted by atomic mass is 10.2. The van der Waals surface area contributed by atoms with Gasteiger partial charge in [0.25, 0.3) is 5.91 Å². The number of aromatic nitrogens is 2. The van der Waals surface area contributed by atoms with Gasteiger partial charge in [-0.3, -0.25) is 4.79 Å². The number of amides is 1. The first-order chi connectivity index (χ1) is 11.2. The van der Waals surface area contributed by atoms with E-state index >= 15 is 0 Å². The van der Waals surface area contributed by atoms with Gasteiger partial charge in [-0.1, -0.05) is 17.7 Å². The van der Waals surface area contributed by atoms with E-state index in [1.807, 2.05) is 12.1 Å². The maximum Gasteiger partial charge on any atom is 0.254 e. The van der Waals surface area contributed by atoms with Crippen LogP contribution in [0.15, 0.2) is 36.5 Å². The third kappa shape index (κ3) is 3.37. The van der Waals surface area contributed by atoms with Crippen LogP contribution in [0, 0.1) is 0 Å². The molecule has 2 aromatic rings. The lowest BCUT2D eigenvalue weighted by Gasteiger charge is -2.36. The molecule has 6 nitrogen and oxygen atoms in total. The van der Waals surface area contributed by atoms with Crippen LogP contribution in [0.2, 0.25) is 5.15 Å². The van der Waals surface area contributed by atoms with Crippen LogP contribution >= 0.6 is 11.6 Å². The lowest BCUT2D eigenvalue weighted by molar-refractivity contribution is 0.0963. The summed E-state index contributed by atoms with van der Waals surface area (Å²) in [4.78, 5) is 25.0. The molecular weight excluding hydrogens is 314 g/mol. The van der Waals surface area contributed by atoms with Crippen molar-refractivity contribution < 1.29 is 4.79 Å². The number of rotatable bonds is 3. The minimum Gasteiger partial charge on any atom is -0.355 e. The average Bonchev–Trinajstić information content (AvgIpc) is 2.61. The van der Waals surface area contributed by atoms with Crippen LogP contribution in [-0.4, -0.2) is 49.1 Å². The molecule has 0 radical (unpaired) electrons. The summed E-state index contributed by atoms with van der Waals surface area (Å²) in [5.74, 6) is 1.49. The van der Waals surface area contributed by atoms with Gasteiger partial charge in [-0.15, -0.1) is 0 Å². The summed E-state index contributed by atoms with van der Waals surface area (Å²) in [5, 5.41) is 3.16. The van der Waals surface area contributed by atoms with Gasteiger partial charge < -0.3 is 15.1 Å². The fourth-order valence-corrected chi connectivity index (χ4v) is 2.84. The Labute approximate surface area is 140 Å². The van der Waals surface area contributed by atoms with Crippen LogP contribution in [0.25, 0.3) is 0 Å². The van der Waals surface area contributed by atoms with Crippen molar-refractivity contribution in [1.82, 2.24) is 15.3 Å². The maximum absolute atomic E-state index is 12.0. The summed E-state index contributed by atoms with van der Waals surface area (Å²) in [6.07, 6.45) is 1.71. The van der Waals surface area contributed by atoms with Crippen LogP contribution in [0.5, 0.6) is 0 Å². The average molecular weight is 332 g/mol. The Kier molecular flexibility index (Phi) is 4.62. The zero-order valence-electron chi connectivity index (χ0n) is 12.9. The fraction of sp³-hybridized carbons (Fsp3) is 0.312. The number of carbonyl (C=O) groups is 1. The van der Waals surface area contributed by atoms with E-state index in [9.17, 15) is 4.79 Å². The van der Waals surface area contributed by atoms with Gasteiger partial charge in [-0.2, -0.15) is 0 Å². The number of hydrogen-bond donors (Lipinski definition) is 1. The highest BCUT2D eigenvalue weighted by atomic mass is 35.5. The molecule has 3 heterocycles. The molecule has 0 aliphatic carbocycles. The second-order valence-electron chi connectivity index (χ2n) is 5.25. The molecule has 0 aromatic carbocycles. The quantitative estimate of drug-likeness (QED) is 0.869. The standard InChI is InChI=1S/C16H18ClN5O/c1-18-16(23)12-4-3-7-19-15(12)22-10-8-21(9-11-22)14-6-2-5-13(17)20-14/h2-7H,8-11H2,1H3,(H,18,23). The van der Waals surface area contributed by atoms with Gasteiger partial charge >= 0.3 is 0 Å². The Morgan fingerprint density at radius 1 is 1.13 bits per heavy atom. The summed E-state index contributed by atoms with van der Waals surface area (Å²) < 4.78 is 0. The number of carbonyl (C=O) groups excluding carboxylic acids is 1. The van der Waals surface area contributed by atoms with Gasteiger partial charge in [0.1, 0.15) is 16.8 Å². The van der Waals surface area contributed by atoms with E-state index in [2.05, 4.69) is 25.1 Å². The van der Waals surface area contributed by atoms with Crippen molar-refractivity contribution in [1.29, 1.82) is 0 Å². The number of piperazine rings is 1. The van der Waals surface area contributed by atoms with Crippen LogP contribution in [0.3, 0.4) is 0 Å². The molecule has 0 bridgehead atoms. The minimum absolute atomic E-state index is 0.118. The van der Waals surface area contributed by atoms with Crippen molar-refractivity contribution >= 4 is 29.1 Å². The van der Waals surface area contributed by atoms with Crippen molar-refractivity contribution in [2.24, 2.45) is 0 Å². The monoisotopic (exact) mass is 331 g/mol. The van der Waals surface area contributed by atoms with Gasteiger partial charge in [-0.05, 0) is 24.3 Å². The molecule has 2 aromatic heterocycles. The summed E-state index contributed by atoms with van der Waals surface area (Å²) >= 11 is 5.96. The molecule has 1 fully saturated rings. The molecule has 0 saturated carbocycles. The van der Waals surface area contributed by atoms with E-state index in [0.717, 1.165) is 37.8 Å². The molecule has 1 aliphatic heterocycles. The molecule has 7 heteroatoms. The molecule has 3 rings (SSSR count). The molecular formula is C16H18ClN5O. The molecule has 120 valence electrons. The second-order valence-corrected chi connectivity index (χ2v) is 5.63. The van der Waals surface area contributed by atoms with Gasteiger partial charge in [0.05, 0.1) is 5.56 Å². The van der Waals surface area contributed by atoms with Crippen LogP contribution < -0.4 is 15.1 Å². The highest BCUT2D eigenvalue weighted by Gasteiger charge is 2.22. The first-order valence-electron chi connectivity index (χ1n) is 7.48. The minimum atomic E-state index is -0.118. The van der Waals surface area contributed by atoms with Crippen LogP contribution in [-0.2, 0) is 0 Å². The predicted octanol–water partition coefficient (Wildman–Crippen LogP) is 1.82.